The Morgan fingerprint density at radius 3 is 2.64 bits per heavy atom. The van der Waals surface area contributed by atoms with Gasteiger partial charge < -0.3 is 4.90 Å². The van der Waals surface area contributed by atoms with Crippen molar-refractivity contribution in [3.63, 3.8) is 0 Å². The molecular weight excluding hydrogens is 310 g/mol. The molecule has 1 atom stereocenters. The van der Waals surface area contributed by atoms with Gasteiger partial charge in [0.2, 0.25) is 5.91 Å². The summed E-state index contributed by atoms with van der Waals surface area (Å²) < 4.78 is 0. The zero-order valence-electron chi connectivity index (χ0n) is 15.2. The van der Waals surface area contributed by atoms with Crippen molar-refractivity contribution in [1.29, 1.82) is 0 Å². The Morgan fingerprint density at radius 2 is 1.96 bits per heavy atom. The van der Waals surface area contributed by atoms with Crippen LogP contribution in [0.5, 0.6) is 0 Å². The number of benzene rings is 1. The molecule has 0 radical (unpaired) electrons. The van der Waals surface area contributed by atoms with Crippen molar-refractivity contribution in [2.45, 2.75) is 31.7 Å². The molecule has 0 spiro atoms. The molecule has 4 heteroatoms. The molecule has 1 aromatic heterocycles. The summed E-state index contributed by atoms with van der Waals surface area (Å²) >= 11 is 0. The van der Waals surface area contributed by atoms with Gasteiger partial charge in [-0.05, 0) is 36.6 Å². The van der Waals surface area contributed by atoms with E-state index in [9.17, 15) is 4.79 Å². The molecule has 0 saturated carbocycles. The van der Waals surface area contributed by atoms with Crippen molar-refractivity contribution in [2.75, 3.05) is 27.2 Å². The lowest BCUT2D eigenvalue weighted by molar-refractivity contribution is -0.130. The molecule has 132 valence electrons. The van der Waals surface area contributed by atoms with Crippen LogP contribution in [-0.4, -0.2) is 47.9 Å². The van der Waals surface area contributed by atoms with Gasteiger partial charge >= 0.3 is 0 Å². The van der Waals surface area contributed by atoms with E-state index >= 15 is 0 Å². The predicted molar refractivity (Wildman–Crippen MR) is 100 cm³/mol. The minimum Gasteiger partial charge on any atom is -0.348 e. The average molecular weight is 337 g/mol. The first-order chi connectivity index (χ1) is 12.1. The maximum atomic E-state index is 12.1. The molecule has 1 aliphatic heterocycles. The van der Waals surface area contributed by atoms with Crippen LogP contribution in [0.1, 0.15) is 42.1 Å². The zero-order valence-corrected chi connectivity index (χ0v) is 15.2. The third-order valence-corrected chi connectivity index (χ3v) is 4.91. The van der Waals surface area contributed by atoms with Gasteiger partial charge in [0.05, 0.1) is 6.54 Å². The number of rotatable bonds is 5. The number of aromatic nitrogens is 1. The second kappa shape index (κ2) is 8.26. The van der Waals surface area contributed by atoms with Crippen LogP contribution in [0.25, 0.3) is 0 Å². The summed E-state index contributed by atoms with van der Waals surface area (Å²) in [6.45, 7) is 1.47. The van der Waals surface area contributed by atoms with E-state index < -0.39 is 0 Å². The summed E-state index contributed by atoms with van der Waals surface area (Å²) in [6.07, 6.45) is 6.33. The maximum absolute atomic E-state index is 12.1. The molecule has 4 nitrogen and oxygen atoms in total. The Bertz CT molecular complexity index is 682. The molecule has 1 amide bonds. The lowest BCUT2D eigenvalue weighted by atomic mass is 9.96. The first-order valence-corrected chi connectivity index (χ1v) is 9.06. The second-order valence-electron chi connectivity index (χ2n) is 7.02. The van der Waals surface area contributed by atoms with E-state index in [-0.39, 0.29) is 5.91 Å². The largest absolute Gasteiger partial charge is 0.348 e. The van der Waals surface area contributed by atoms with Gasteiger partial charge in [0, 0.05) is 38.4 Å². The Morgan fingerprint density at radius 1 is 1.16 bits per heavy atom. The predicted octanol–water partition coefficient (Wildman–Crippen LogP) is 3.29. The fourth-order valence-electron chi connectivity index (χ4n) is 3.42. The highest BCUT2D eigenvalue weighted by Gasteiger charge is 2.26. The van der Waals surface area contributed by atoms with Crippen molar-refractivity contribution in [3.8, 4) is 0 Å². The highest BCUT2D eigenvalue weighted by Crippen LogP contribution is 2.30. The summed E-state index contributed by atoms with van der Waals surface area (Å²) in [6, 6.07) is 15.0. The maximum Gasteiger partial charge on any atom is 0.236 e. The lowest BCUT2D eigenvalue weighted by Crippen LogP contribution is -2.41. The van der Waals surface area contributed by atoms with Gasteiger partial charge in [0.15, 0.2) is 0 Å². The van der Waals surface area contributed by atoms with Crippen LogP contribution in [0.15, 0.2) is 48.7 Å². The van der Waals surface area contributed by atoms with Crippen LogP contribution in [0.3, 0.4) is 0 Å². The zero-order chi connectivity index (χ0) is 17.6. The molecule has 3 rings (SSSR count). The third-order valence-electron chi connectivity index (χ3n) is 4.91. The number of carbonyl (C=O) groups excluding carboxylic acids is 1. The summed E-state index contributed by atoms with van der Waals surface area (Å²) in [7, 11) is 3.64. The number of hydrogen-bond donors (Lipinski definition) is 0. The standard InChI is InChI=1S/C21H27N3O/c1-23(2)21(25)16-24-13-7-6-10-20(24)18-11-12-19(22-15-18)14-17-8-4-3-5-9-17/h3-5,8-9,11-12,15,20H,6-7,10,13-14,16H2,1-2H3. The SMILES string of the molecule is CN(C)C(=O)CN1CCCCC1c1ccc(Cc2ccccc2)nc1. The number of likely N-dealkylation sites (N-methyl/N-ethyl adjacent to an activating group) is 1. The highest BCUT2D eigenvalue weighted by molar-refractivity contribution is 5.77. The van der Waals surface area contributed by atoms with Gasteiger partial charge in [0.1, 0.15) is 0 Å². The number of piperidine rings is 1. The van der Waals surface area contributed by atoms with Gasteiger partial charge in [-0.15, -0.1) is 0 Å². The molecule has 0 bridgehead atoms. The molecule has 1 unspecified atom stereocenters. The number of amides is 1. The van der Waals surface area contributed by atoms with E-state index in [1.807, 2.05) is 26.4 Å². The Hall–Kier alpha value is -2.20. The smallest absolute Gasteiger partial charge is 0.236 e. The van der Waals surface area contributed by atoms with Gasteiger partial charge in [-0.1, -0.05) is 42.8 Å². The van der Waals surface area contributed by atoms with E-state index in [0.717, 1.165) is 31.5 Å². The number of nitrogens with zero attached hydrogens (tertiary/aromatic N) is 3. The highest BCUT2D eigenvalue weighted by atomic mass is 16.2. The Balaban J connectivity index is 1.69. The molecular formula is C21H27N3O. The summed E-state index contributed by atoms with van der Waals surface area (Å²) in [5.74, 6) is 0.167. The molecule has 0 N–H and O–H groups in total. The molecule has 1 aromatic carbocycles. The van der Waals surface area contributed by atoms with Gasteiger partial charge in [-0.25, -0.2) is 0 Å². The van der Waals surface area contributed by atoms with Crippen LogP contribution < -0.4 is 0 Å². The van der Waals surface area contributed by atoms with Gasteiger partial charge in [-0.3, -0.25) is 14.7 Å². The van der Waals surface area contributed by atoms with Crippen molar-refractivity contribution in [1.82, 2.24) is 14.8 Å². The first kappa shape index (κ1) is 17.6. The molecule has 2 heterocycles. The average Bonchev–Trinajstić information content (AvgIpc) is 2.64. The van der Waals surface area contributed by atoms with Crippen molar-refractivity contribution in [3.05, 3.63) is 65.5 Å². The fraction of sp³-hybridized carbons (Fsp3) is 0.429. The van der Waals surface area contributed by atoms with Gasteiger partial charge in [-0.2, -0.15) is 0 Å². The van der Waals surface area contributed by atoms with Crippen LogP contribution in [0.4, 0.5) is 0 Å². The van der Waals surface area contributed by atoms with Crippen molar-refractivity contribution < 1.29 is 4.79 Å². The van der Waals surface area contributed by atoms with E-state index in [1.165, 1.54) is 17.5 Å². The Kier molecular flexibility index (Phi) is 5.82. The molecule has 2 aromatic rings. The topological polar surface area (TPSA) is 36.4 Å². The monoisotopic (exact) mass is 337 g/mol. The number of hydrogen-bond acceptors (Lipinski definition) is 3. The number of carbonyl (C=O) groups is 1. The van der Waals surface area contributed by atoms with Crippen molar-refractivity contribution >= 4 is 5.91 Å². The van der Waals surface area contributed by atoms with E-state index in [2.05, 4.69) is 46.3 Å². The minimum atomic E-state index is 0.167. The molecule has 0 aliphatic carbocycles. The summed E-state index contributed by atoms with van der Waals surface area (Å²) in [5.41, 5.74) is 3.59. The van der Waals surface area contributed by atoms with Gasteiger partial charge in [0.25, 0.3) is 0 Å². The number of pyridine rings is 1. The lowest BCUT2D eigenvalue weighted by Gasteiger charge is -2.36. The number of likely N-dealkylation sites (tertiary alicyclic amines) is 1. The van der Waals surface area contributed by atoms with Crippen LogP contribution >= 0.6 is 0 Å². The molecule has 1 aliphatic rings. The van der Waals surface area contributed by atoms with Crippen molar-refractivity contribution in [2.24, 2.45) is 0 Å². The normalized spacial score (nSPS) is 18.1. The van der Waals surface area contributed by atoms with E-state index in [4.69, 9.17) is 0 Å². The third kappa shape index (κ3) is 4.67. The van der Waals surface area contributed by atoms with Crippen LogP contribution in [0.2, 0.25) is 0 Å². The molecule has 1 fully saturated rings. The molecule has 25 heavy (non-hydrogen) atoms. The minimum absolute atomic E-state index is 0.167. The Labute approximate surface area is 150 Å². The van der Waals surface area contributed by atoms with Crippen LogP contribution in [-0.2, 0) is 11.2 Å². The quantitative estimate of drug-likeness (QED) is 0.840. The summed E-state index contributed by atoms with van der Waals surface area (Å²) in [5, 5.41) is 0. The second-order valence-corrected chi connectivity index (χ2v) is 7.02. The van der Waals surface area contributed by atoms with Crippen LogP contribution in [0, 0.1) is 0 Å². The van der Waals surface area contributed by atoms with E-state index in [0.29, 0.717) is 12.6 Å². The van der Waals surface area contributed by atoms with E-state index in [1.54, 1.807) is 4.90 Å². The molecule has 1 saturated heterocycles. The summed E-state index contributed by atoms with van der Waals surface area (Å²) in [4.78, 5) is 20.8. The first-order valence-electron chi connectivity index (χ1n) is 9.06. The fourth-order valence-corrected chi connectivity index (χ4v) is 3.42.